The molecule has 1 saturated carbocycles. The van der Waals surface area contributed by atoms with Crippen molar-refractivity contribution in [3.63, 3.8) is 0 Å². The summed E-state index contributed by atoms with van der Waals surface area (Å²) in [5.74, 6) is -1.19. The molecule has 1 aliphatic carbocycles. The molecule has 2 N–H and O–H groups in total. The first kappa shape index (κ1) is 17.5. The normalized spacial score (nSPS) is 27.4. The van der Waals surface area contributed by atoms with Gasteiger partial charge in [-0.2, -0.15) is 0 Å². The molecule has 0 spiro atoms. The van der Waals surface area contributed by atoms with Gasteiger partial charge in [-0.1, -0.05) is 0 Å². The standard InChI is InChI=1S/C13H21Cl2NO4/c1-10(2,3)20-9(18)12(5,19)7-16-8(17)11(4)6-13(11,14)15/h19H,6-7H2,1-5H3,(H,16,17)/t11-,12+/m0/s1. The molecule has 0 aromatic rings. The van der Waals surface area contributed by atoms with E-state index >= 15 is 0 Å². The lowest BCUT2D eigenvalue weighted by atomic mass is 10.0. The van der Waals surface area contributed by atoms with Gasteiger partial charge in [0, 0.05) is 0 Å². The predicted molar refractivity (Wildman–Crippen MR) is 76.6 cm³/mol. The second-order valence-electron chi connectivity index (χ2n) is 6.67. The lowest BCUT2D eigenvalue weighted by molar-refractivity contribution is -0.175. The second kappa shape index (κ2) is 5.04. The molecular formula is C13H21Cl2NO4. The Kier molecular flexibility index (Phi) is 4.42. The van der Waals surface area contributed by atoms with Gasteiger partial charge >= 0.3 is 5.97 Å². The predicted octanol–water partition coefficient (Wildman–Crippen LogP) is 1.78. The van der Waals surface area contributed by atoms with Crippen LogP contribution in [-0.4, -0.2) is 39.1 Å². The van der Waals surface area contributed by atoms with E-state index in [0.29, 0.717) is 6.42 Å². The number of halogens is 2. The van der Waals surface area contributed by atoms with Crippen LogP contribution in [0.4, 0.5) is 0 Å². The number of hydrogen-bond donors (Lipinski definition) is 2. The number of esters is 1. The topological polar surface area (TPSA) is 75.6 Å². The molecule has 1 aliphatic rings. The van der Waals surface area contributed by atoms with Gasteiger partial charge in [0.2, 0.25) is 5.91 Å². The van der Waals surface area contributed by atoms with E-state index < -0.39 is 32.8 Å². The van der Waals surface area contributed by atoms with E-state index in [9.17, 15) is 14.7 Å². The third kappa shape index (κ3) is 3.77. The van der Waals surface area contributed by atoms with E-state index in [1.54, 1.807) is 27.7 Å². The Morgan fingerprint density at radius 1 is 1.30 bits per heavy atom. The molecule has 0 aromatic heterocycles. The fourth-order valence-corrected chi connectivity index (χ4v) is 2.26. The van der Waals surface area contributed by atoms with Gasteiger partial charge in [0.25, 0.3) is 0 Å². The SMILES string of the molecule is CC(C)(C)OC(=O)[C@](C)(O)CNC(=O)[C@]1(C)CC1(Cl)Cl. The molecule has 2 atom stereocenters. The molecule has 0 saturated heterocycles. The number of nitrogens with one attached hydrogen (secondary N) is 1. The molecule has 0 bridgehead atoms. The van der Waals surface area contributed by atoms with Crippen molar-refractivity contribution in [2.24, 2.45) is 5.41 Å². The molecule has 1 amide bonds. The fourth-order valence-electron chi connectivity index (χ4n) is 1.55. The Morgan fingerprint density at radius 3 is 2.10 bits per heavy atom. The van der Waals surface area contributed by atoms with Gasteiger partial charge in [-0.25, -0.2) is 4.79 Å². The summed E-state index contributed by atoms with van der Waals surface area (Å²) >= 11 is 11.8. The van der Waals surface area contributed by atoms with Crippen molar-refractivity contribution < 1.29 is 19.4 Å². The first-order valence-electron chi connectivity index (χ1n) is 6.33. The summed E-state index contributed by atoms with van der Waals surface area (Å²) in [6.45, 7) is 7.73. The number of ether oxygens (including phenoxy) is 1. The van der Waals surface area contributed by atoms with Crippen LogP contribution in [0.15, 0.2) is 0 Å². The minimum absolute atomic E-state index is 0.264. The van der Waals surface area contributed by atoms with Crippen molar-refractivity contribution in [1.82, 2.24) is 5.32 Å². The minimum Gasteiger partial charge on any atom is -0.458 e. The summed E-state index contributed by atoms with van der Waals surface area (Å²) in [7, 11) is 0. The summed E-state index contributed by atoms with van der Waals surface area (Å²) in [6, 6.07) is 0. The Labute approximate surface area is 128 Å². The highest BCUT2D eigenvalue weighted by Crippen LogP contribution is 2.63. The van der Waals surface area contributed by atoms with Gasteiger partial charge in [0.05, 0.1) is 12.0 Å². The van der Waals surface area contributed by atoms with Crippen molar-refractivity contribution in [3.8, 4) is 0 Å². The zero-order chi connectivity index (χ0) is 16.0. The lowest BCUT2D eigenvalue weighted by Crippen LogP contribution is -2.50. The second-order valence-corrected chi connectivity index (χ2v) is 8.16. The lowest BCUT2D eigenvalue weighted by Gasteiger charge is -2.28. The highest BCUT2D eigenvalue weighted by molar-refractivity contribution is 6.53. The molecule has 1 fully saturated rings. The molecule has 0 aliphatic heterocycles. The number of hydrogen-bond acceptors (Lipinski definition) is 4. The van der Waals surface area contributed by atoms with E-state index in [4.69, 9.17) is 27.9 Å². The summed E-state index contributed by atoms with van der Waals surface area (Å²) in [5.41, 5.74) is -3.41. The zero-order valence-corrected chi connectivity index (χ0v) is 13.9. The van der Waals surface area contributed by atoms with Crippen LogP contribution < -0.4 is 5.32 Å². The average Bonchev–Trinajstić information content (AvgIpc) is 2.73. The van der Waals surface area contributed by atoms with Crippen LogP contribution in [0.25, 0.3) is 0 Å². The van der Waals surface area contributed by atoms with Crippen LogP contribution in [0.5, 0.6) is 0 Å². The molecule has 0 radical (unpaired) electrons. The van der Waals surface area contributed by atoms with Crippen LogP contribution in [0.1, 0.15) is 41.0 Å². The fraction of sp³-hybridized carbons (Fsp3) is 0.846. The Bertz CT molecular complexity index is 429. The van der Waals surface area contributed by atoms with Crippen LogP contribution in [0.3, 0.4) is 0 Å². The molecular weight excluding hydrogens is 305 g/mol. The first-order chi connectivity index (χ1) is 8.71. The number of aliphatic hydroxyl groups is 1. The highest BCUT2D eigenvalue weighted by Gasteiger charge is 2.67. The van der Waals surface area contributed by atoms with Gasteiger partial charge in [-0.3, -0.25) is 4.79 Å². The van der Waals surface area contributed by atoms with Gasteiger partial charge in [-0.05, 0) is 41.0 Å². The Hall–Kier alpha value is -0.520. The summed E-state index contributed by atoms with van der Waals surface area (Å²) in [6.07, 6.45) is 0.337. The van der Waals surface area contributed by atoms with E-state index in [-0.39, 0.29) is 6.54 Å². The maximum atomic E-state index is 12.0. The highest BCUT2D eigenvalue weighted by atomic mass is 35.5. The minimum atomic E-state index is -1.81. The quantitative estimate of drug-likeness (QED) is 0.610. The molecule has 5 nitrogen and oxygen atoms in total. The third-order valence-electron chi connectivity index (χ3n) is 3.19. The van der Waals surface area contributed by atoms with Crippen LogP contribution >= 0.6 is 23.2 Å². The van der Waals surface area contributed by atoms with Crippen molar-refractivity contribution >= 4 is 35.1 Å². The number of amides is 1. The van der Waals surface area contributed by atoms with Crippen molar-refractivity contribution in [2.45, 2.75) is 56.6 Å². The van der Waals surface area contributed by atoms with E-state index in [1.165, 1.54) is 6.92 Å². The molecule has 1 rings (SSSR count). The zero-order valence-electron chi connectivity index (χ0n) is 12.3. The molecule has 0 aromatic carbocycles. The first-order valence-corrected chi connectivity index (χ1v) is 7.09. The van der Waals surface area contributed by atoms with Gasteiger partial charge in [0.15, 0.2) is 5.60 Å². The molecule has 0 unspecified atom stereocenters. The Balaban J connectivity index is 2.56. The van der Waals surface area contributed by atoms with E-state index in [1.807, 2.05) is 0 Å². The van der Waals surface area contributed by atoms with Gasteiger partial charge in [-0.15, -0.1) is 23.2 Å². The van der Waals surface area contributed by atoms with Crippen molar-refractivity contribution in [1.29, 1.82) is 0 Å². The summed E-state index contributed by atoms with van der Waals surface area (Å²) < 4.78 is 4.00. The average molecular weight is 326 g/mol. The number of rotatable bonds is 4. The largest absolute Gasteiger partial charge is 0.458 e. The summed E-state index contributed by atoms with van der Waals surface area (Å²) in [5, 5.41) is 12.5. The van der Waals surface area contributed by atoms with Gasteiger partial charge < -0.3 is 15.2 Å². The number of carbonyl (C=O) groups is 2. The molecule has 20 heavy (non-hydrogen) atoms. The molecule has 7 heteroatoms. The number of alkyl halides is 2. The summed E-state index contributed by atoms with van der Waals surface area (Å²) in [4.78, 5) is 23.8. The smallest absolute Gasteiger partial charge is 0.340 e. The van der Waals surface area contributed by atoms with Crippen LogP contribution in [-0.2, 0) is 14.3 Å². The monoisotopic (exact) mass is 325 g/mol. The van der Waals surface area contributed by atoms with Crippen molar-refractivity contribution in [2.75, 3.05) is 6.54 Å². The van der Waals surface area contributed by atoms with Crippen LogP contribution in [0, 0.1) is 5.41 Å². The molecule has 116 valence electrons. The maximum absolute atomic E-state index is 12.0. The van der Waals surface area contributed by atoms with Crippen molar-refractivity contribution in [3.05, 3.63) is 0 Å². The number of carbonyl (C=O) groups excluding carboxylic acids is 2. The molecule has 0 heterocycles. The van der Waals surface area contributed by atoms with Gasteiger partial charge in [0.1, 0.15) is 9.93 Å². The third-order valence-corrected chi connectivity index (χ3v) is 4.29. The Morgan fingerprint density at radius 2 is 1.75 bits per heavy atom. The van der Waals surface area contributed by atoms with E-state index in [0.717, 1.165) is 0 Å². The van der Waals surface area contributed by atoms with E-state index in [2.05, 4.69) is 5.32 Å². The van der Waals surface area contributed by atoms with Crippen LogP contribution in [0.2, 0.25) is 0 Å². The maximum Gasteiger partial charge on any atom is 0.340 e.